The number of unbranched alkanes of at least 4 members (excludes halogenated alkanes) is 1. The zero-order valence-corrected chi connectivity index (χ0v) is 13.5. The van der Waals surface area contributed by atoms with Gasteiger partial charge >= 0.3 is 0 Å². The van der Waals surface area contributed by atoms with E-state index in [0.29, 0.717) is 6.54 Å². The van der Waals surface area contributed by atoms with Crippen molar-refractivity contribution in [1.82, 2.24) is 14.6 Å². The number of thioether (sulfide) groups is 1. The van der Waals surface area contributed by atoms with Crippen LogP contribution in [0.2, 0.25) is 0 Å². The number of fused-ring (bicyclic) bond motifs is 1. The topological polar surface area (TPSA) is 56.2 Å². The molecular formula is C17H20N4S. The van der Waals surface area contributed by atoms with Crippen LogP contribution in [-0.2, 0) is 6.54 Å². The van der Waals surface area contributed by atoms with E-state index >= 15 is 0 Å². The van der Waals surface area contributed by atoms with Crippen molar-refractivity contribution in [3.8, 4) is 11.3 Å². The Morgan fingerprint density at radius 1 is 1.14 bits per heavy atom. The Hall–Kier alpha value is -1.85. The van der Waals surface area contributed by atoms with Crippen LogP contribution in [0.15, 0.2) is 47.6 Å². The van der Waals surface area contributed by atoms with Crippen LogP contribution in [0.1, 0.15) is 25.3 Å². The van der Waals surface area contributed by atoms with Crippen molar-refractivity contribution >= 4 is 17.4 Å². The number of hydrogen-bond acceptors (Lipinski definition) is 4. The molecule has 0 atom stereocenters. The molecular weight excluding hydrogens is 292 g/mol. The molecule has 3 aromatic rings. The molecule has 2 aromatic heterocycles. The molecule has 0 amide bonds. The number of nitrogens with zero attached hydrogens (tertiary/aromatic N) is 3. The number of hydrogen-bond donors (Lipinski definition) is 1. The highest BCUT2D eigenvalue weighted by Gasteiger charge is 2.08. The summed E-state index contributed by atoms with van der Waals surface area (Å²) in [5.41, 5.74) is 9.77. The van der Waals surface area contributed by atoms with Gasteiger partial charge in [0.15, 0.2) is 5.65 Å². The maximum absolute atomic E-state index is 5.65. The number of nitrogens with two attached hydrogens (primary N) is 1. The third-order valence-corrected chi connectivity index (χ3v) is 4.58. The van der Waals surface area contributed by atoms with E-state index in [1.165, 1.54) is 12.8 Å². The van der Waals surface area contributed by atoms with Gasteiger partial charge in [-0.15, -0.1) is 11.8 Å². The van der Waals surface area contributed by atoms with Crippen LogP contribution < -0.4 is 5.73 Å². The molecule has 0 unspecified atom stereocenters. The summed E-state index contributed by atoms with van der Waals surface area (Å²) < 4.78 is 1.92. The first-order valence-electron chi connectivity index (χ1n) is 7.59. The first kappa shape index (κ1) is 15.1. The van der Waals surface area contributed by atoms with Crippen molar-refractivity contribution in [3.05, 3.63) is 48.2 Å². The Morgan fingerprint density at radius 2 is 1.95 bits per heavy atom. The standard InChI is InChI=1S/C17H20N4S/c1-2-3-10-22-17-9-8-16-19-12-15(21(16)20-17)14-6-4-13(11-18)5-7-14/h4-9,12H,2-3,10-11,18H2,1H3. The van der Waals surface area contributed by atoms with Crippen LogP contribution in [0.5, 0.6) is 0 Å². The summed E-state index contributed by atoms with van der Waals surface area (Å²) in [7, 11) is 0. The maximum Gasteiger partial charge on any atom is 0.154 e. The molecule has 1 aromatic carbocycles. The smallest absolute Gasteiger partial charge is 0.154 e. The van der Waals surface area contributed by atoms with Gasteiger partial charge in [0.2, 0.25) is 0 Å². The number of aromatic nitrogens is 3. The van der Waals surface area contributed by atoms with Gasteiger partial charge in [-0.1, -0.05) is 37.6 Å². The van der Waals surface area contributed by atoms with Crippen LogP contribution in [0.4, 0.5) is 0 Å². The summed E-state index contributed by atoms with van der Waals surface area (Å²) in [5.74, 6) is 1.10. The second-order valence-corrected chi connectivity index (χ2v) is 6.30. The Kier molecular flexibility index (Phi) is 4.75. The predicted molar refractivity (Wildman–Crippen MR) is 91.9 cm³/mol. The normalized spacial score (nSPS) is 11.2. The minimum atomic E-state index is 0.559. The second kappa shape index (κ2) is 6.94. The summed E-state index contributed by atoms with van der Waals surface area (Å²) in [6.07, 6.45) is 4.29. The molecule has 0 saturated heterocycles. The molecule has 0 aliphatic carbocycles. The highest BCUT2D eigenvalue weighted by Crippen LogP contribution is 2.23. The second-order valence-electron chi connectivity index (χ2n) is 5.19. The minimum absolute atomic E-state index is 0.559. The molecule has 0 saturated carbocycles. The molecule has 0 radical (unpaired) electrons. The molecule has 114 valence electrons. The fourth-order valence-corrected chi connectivity index (χ4v) is 3.21. The van der Waals surface area contributed by atoms with Crippen LogP contribution in [0, 0.1) is 0 Å². The summed E-state index contributed by atoms with van der Waals surface area (Å²) >= 11 is 1.80. The molecule has 0 spiro atoms. The average molecular weight is 312 g/mol. The maximum atomic E-state index is 5.65. The van der Waals surface area contributed by atoms with E-state index in [4.69, 9.17) is 10.8 Å². The summed E-state index contributed by atoms with van der Waals surface area (Å²) in [6, 6.07) is 12.3. The number of imidazole rings is 1. The number of benzene rings is 1. The fraction of sp³-hybridized carbons (Fsp3) is 0.294. The molecule has 0 aliphatic rings. The molecule has 0 aliphatic heterocycles. The Balaban J connectivity index is 1.93. The molecule has 3 rings (SSSR count). The first-order valence-corrected chi connectivity index (χ1v) is 8.57. The lowest BCUT2D eigenvalue weighted by Gasteiger charge is -2.05. The highest BCUT2D eigenvalue weighted by molar-refractivity contribution is 7.99. The van der Waals surface area contributed by atoms with Gasteiger partial charge < -0.3 is 5.73 Å². The van der Waals surface area contributed by atoms with Crippen LogP contribution in [0.3, 0.4) is 0 Å². The van der Waals surface area contributed by atoms with Crippen molar-refractivity contribution in [2.24, 2.45) is 5.73 Å². The molecule has 2 N–H and O–H groups in total. The lowest BCUT2D eigenvalue weighted by atomic mass is 10.1. The van der Waals surface area contributed by atoms with Crippen LogP contribution in [0.25, 0.3) is 16.9 Å². The third kappa shape index (κ3) is 3.15. The molecule has 4 nitrogen and oxygen atoms in total. The average Bonchev–Trinajstić information content (AvgIpc) is 2.98. The van der Waals surface area contributed by atoms with Crippen molar-refractivity contribution in [2.75, 3.05) is 5.75 Å². The van der Waals surface area contributed by atoms with Gasteiger partial charge in [-0.05, 0) is 29.9 Å². The van der Waals surface area contributed by atoms with E-state index in [-0.39, 0.29) is 0 Å². The number of rotatable bonds is 6. The fourth-order valence-electron chi connectivity index (χ4n) is 2.26. The van der Waals surface area contributed by atoms with Crippen molar-refractivity contribution in [3.63, 3.8) is 0 Å². The van der Waals surface area contributed by atoms with E-state index in [1.54, 1.807) is 11.8 Å². The zero-order chi connectivity index (χ0) is 15.4. The lowest BCUT2D eigenvalue weighted by molar-refractivity contribution is 0.856. The summed E-state index contributed by atoms with van der Waals surface area (Å²) in [6.45, 7) is 2.76. The Labute approximate surface area is 134 Å². The minimum Gasteiger partial charge on any atom is -0.326 e. The lowest BCUT2D eigenvalue weighted by Crippen LogP contribution is -1.98. The van der Waals surface area contributed by atoms with Gasteiger partial charge in [0.05, 0.1) is 11.9 Å². The van der Waals surface area contributed by atoms with Gasteiger partial charge in [-0.2, -0.15) is 5.10 Å². The third-order valence-electron chi connectivity index (χ3n) is 3.57. The Bertz CT molecular complexity index is 749. The van der Waals surface area contributed by atoms with Crippen molar-refractivity contribution in [1.29, 1.82) is 0 Å². The van der Waals surface area contributed by atoms with E-state index in [9.17, 15) is 0 Å². The van der Waals surface area contributed by atoms with Gasteiger partial charge in [-0.25, -0.2) is 9.50 Å². The highest BCUT2D eigenvalue weighted by atomic mass is 32.2. The van der Waals surface area contributed by atoms with Gasteiger partial charge in [0, 0.05) is 12.1 Å². The van der Waals surface area contributed by atoms with Crippen LogP contribution >= 0.6 is 11.8 Å². The molecule has 2 heterocycles. The van der Waals surface area contributed by atoms with E-state index in [1.807, 2.05) is 22.8 Å². The SMILES string of the molecule is CCCCSc1ccc2ncc(-c3ccc(CN)cc3)n2n1. The zero-order valence-electron chi connectivity index (χ0n) is 12.7. The summed E-state index contributed by atoms with van der Waals surface area (Å²) in [4.78, 5) is 4.44. The molecule has 22 heavy (non-hydrogen) atoms. The largest absolute Gasteiger partial charge is 0.326 e. The van der Waals surface area contributed by atoms with Gasteiger partial charge in [0.25, 0.3) is 0 Å². The van der Waals surface area contributed by atoms with E-state index < -0.39 is 0 Å². The van der Waals surface area contributed by atoms with Gasteiger partial charge in [0.1, 0.15) is 5.03 Å². The predicted octanol–water partition coefficient (Wildman–Crippen LogP) is 3.75. The van der Waals surface area contributed by atoms with E-state index in [0.717, 1.165) is 33.2 Å². The van der Waals surface area contributed by atoms with Crippen LogP contribution in [-0.4, -0.2) is 20.4 Å². The quantitative estimate of drug-likeness (QED) is 0.556. The monoisotopic (exact) mass is 312 g/mol. The van der Waals surface area contributed by atoms with Gasteiger partial charge in [-0.3, -0.25) is 0 Å². The summed E-state index contributed by atoms with van der Waals surface area (Å²) in [5, 5.41) is 5.76. The van der Waals surface area contributed by atoms with E-state index in [2.05, 4.69) is 36.2 Å². The van der Waals surface area contributed by atoms with Crippen molar-refractivity contribution < 1.29 is 0 Å². The molecule has 0 fully saturated rings. The molecule has 5 heteroatoms. The van der Waals surface area contributed by atoms with Crippen molar-refractivity contribution in [2.45, 2.75) is 31.3 Å². The first-order chi connectivity index (χ1) is 10.8. The Morgan fingerprint density at radius 3 is 2.68 bits per heavy atom. The molecule has 0 bridgehead atoms.